The van der Waals surface area contributed by atoms with Gasteiger partial charge in [0.1, 0.15) is 0 Å². The Kier molecular flexibility index (Phi) is 5.11. The average molecular weight is 366 g/mol. The summed E-state index contributed by atoms with van der Waals surface area (Å²) < 4.78 is 39.0. The fourth-order valence-corrected chi connectivity index (χ4v) is 5.40. The Balaban J connectivity index is 1.35. The van der Waals surface area contributed by atoms with Crippen molar-refractivity contribution in [1.29, 1.82) is 0 Å². The van der Waals surface area contributed by atoms with Crippen LogP contribution in [0.25, 0.3) is 0 Å². The van der Waals surface area contributed by atoms with Crippen LogP contribution in [0.4, 0.5) is 0 Å². The second-order valence-electron chi connectivity index (χ2n) is 7.26. The Morgan fingerprint density at radius 1 is 1.12 bits per heavy atom. The molecule has 25 heavy (non-hydrogen) atoms. The first-order valence-electron chi connectivity index (χ1n) is 9.11. The van der Waals surface area contributed by atoms with Gasteiger partial charge < -0.3 is 9.47 Å². The molecule has 0 radical (unpaired) electrons. The minimum absolute atomic E-state index is 0.244. The van der Waals surface area contributed by atoms with Gasteiger partial charge in [-0.05, 0) is 25.0 Å². The van der Waals surface area contributed by atoms with Crippen LogP contribution in [-0.4, -0.2) is 64.9 Å². The Bertz CT molecular complexity index is 676. The van der Waals surface area contributed by atoms with Gasteiger partial charge in [0.2, 0.25) is 10.0 Å². The van der Waals surface area contributed by atoms with Gasteiger partial charge in [-0.15, -0.1) is 0 Å². The number of benzene rings is 1. The maximum absolute atomic E-state index is 12.4. The van der Waals surface area contributed by atoms with Crippen molar-refractivity contribution >= 4 is 10.0 Å². The highest BCUT2D eigenvalue weighted by molar-refractivity contribution is 7.89. The van der Waals surface area contributed by atoms with Crippen LogP contribution >= 0.6 is 0 Å². The second kappa shape index (κ2) is 7.32. The summed E-state index contributed by atoms with van der Waals surface area (Å²) in [6.07, 6.45) is 2.42. The van der Waals surface area contributed by atoms with E-state index >= 15 is 0 Å². The lowest BCUT2D eigenvalue weighted by molar-refractivity contribution is 0.0285. The van der Waals surface area contributed by atoms with Gasteiger partial charge in [-0.1, -0.05) is 18.2 Å². The number of sulfonamides is 1. The maximum Gasteiger partial charge on any atom is 0.240 e. The van der Waals surface area contributed by atoms with Gasteiger partial charge in [0.05, 0.1) is 17.6 Å². The largest absolute Gasteiger partial charge is 0.381 e. The zero-order valence-electron chi connectivity index (χ0n) is 14.3. The van der Waals surface area contributed by atoms with Crippen molar-refractivity contribution in [2.24, 2.45) is 11.8 Å². The standard InChI is InChI=1S/C18H26N2O4S/c21-25(22,16-4-2-1-3-5-16)19-10-14-13-24-18-12-20(11-17(14)18)15-6-8-23-9-7-15/h1-5,14-15,17-19H,6-13H2/t14-,17+,18+/m1/s1. The third-order valence-electron chi connectivity index (χ3n) is 5.76. The fraction of sp³-hybridized carbons (Fsp3) is 0.667. The van der Waals surface area contributed by atoms with Crippen LogP contribution in [0.3, 0.4) is 0 Å². The molecule has 0 spiro atoms. The second-order valence-corrected chi connectivity index (χ2v) is 9.03. The molecule has 3 aliphatic heterocycles. The van der Waals surface area contributed by atoms with Crippen LogP contribution in [-0.2, 0) is 19.5 Å². The Hall–Kier alpha value is -0.990. The molecule has 0 bridgehead atoms. The lowest BCUT2D eigenvalue weighted by atomic mass is 9.93. The normalized spacial score (nSPS) is 31.3. The molecule has 0 unspecified atom stereocenters. The molecule has 3 aliphatic rings. The van der Waals surface area contributed by atoms with Gasteiger partial charge >= 0.3 is 0 Å². The van der Waals surface area contributed by atoms with Crippen LogP contribution in [0.2, 0.25) is 0 Å². The first kappa shape index (κ1) is 17.4. The summed E-state index contributed by atoms with van der Waals surface area (Å²) in [4.78, 5) is 2.84. The molecule has 3 atom stereocenters. The zero-order chi connectivity index (χ0) is 17.3. The van der Waals surface area contributed by atoms with Crippen LogP contribution in [0.5, 0.6) is 0 Å². The van der Waals surface area contributed by atoms with Crippen LogP contribution in [0.1, 0.15) is 12.8 Å². The molecule has 3 heterocycles. The van der Waals surface area contributed by atoms with E-state index in [1.165, 1.54) is 0 Å². The van der Waals surface area contributed by atoms with Gasteiger partial charge in [-0.25, -0.2) is 13.1 Å². The van der Waals surface area contributed by atoms with E-state index in [-0.39, 0.29) is 12.0 Å². The summed E-state index contributed by atoms with van der Waals surface area (Å²) in [6.45, 7) is 4.76. The first-order valence-corrected chi connectivity index (χ1v) is 10.6. The predicted octanol–water partition coefficient (Wildman–Crippen LogP) is 1.09. The smallest absolute Gasteiger partial charge is 0.240 e. The van der Waals surface area contributed by atoms with Crippen molar-refractivity contribution in [1.82, 2.24) is 9.62 Å². The molecule has 138 valence electrons. The molecule has 1 aromatic rings. The molecular formula is C18H26N2O4S. The van der Waals surface area contributed by atoms with Gasteiger partial charge in [0, 0.05) is 50.7 Å². The van der Waals surface area contributed by atoms with Gasteiger partial charge in [0.15, 0.2) is 0 Å². The summed E-state index contributed by atoms with van der Waals surface area (Å²) >= 11 is 0. The molecule has 0 aliphatic carbocycles. The Labute approximate surface area is 149 Å². The molecule has 0 amide bonds. The SMILES string of the molecule is O=S(=O)(NC[C@@H]1CO[C@H]2CN(C3CCOCC3)C[C@@H]12)c1ccccc1. The van der Waals surface area contributed by atoms with Crippen molar-refractivity contribution < 1.29 is 17.9 Å². The lowest BCUT2D eigenvalue weighted by Gasteiger charge is -2.31. The number of hydrogen-bond acceptors (Lipinski definition) is 5. The van der Waals surface area contributed by atoms with E-state index in [0.717, 1.165) is 39.1 Å². The summed E-state index contributed by atoms with van der Waals surface area (Å²) in [5.74, 6) is 0.662. The van der Waals surface area contributed by atoms with Crippen molar-refractivity contribution in [3.63, 3.8) is 0 Å². The molecule has 7 heteroatoms. The van der Waals surface area contributed by atoms with Crippen molar-refractivity contribution in [3.05, 3.63) is 30.3 Å². The van der Waals surface area contributed by atoms with E-state index in [9.17, 15) is 8.42 Å². The number of nitrogens with one attached hydrogen (secondary N) is 1. The van der Waals surface area contributed by atoms with Crippen molar-refractivity contribution in [2.75, 3.05) is 39.5 Å². The molecule has 4 rings (SSSR count). The number of rotatable bonds is 5. The third kappa shape index (κ3) is 3.75. The molecular weight excluding hydrogens is 340 g/mol. The highest BCUT2D eigenvalue weighted by Crippen LogP contribution is 2.35. The first-order chi connectivity index (χ1) is 12.1. The predicted molar refractivity (Wildman–Crippen MR) is 93.8 cm³/mol. The number of fused-ring (bicyclic) bond motifs is 1. The van der Waals surface area contributed by atoms with E-state index in [1.54, 1.807) is 24.3 Å². The summed E-state index contributed by atoms with van der Waals surface area (Å²) in [7, 11) is -3.45. The number of nitrogens with zero attached hydrogens (tertiary/aromatic N) is 1. The molecule has 1 aromatic carbocycles. The van der Waals surface area contributed by atoms with Gasteiger partial charge in [-0.3, -0.25) is 4.90 Å². The molecule has 3 saturated heterocycles. The highest BCUT2D eigenvalue weighted by Gasteiger charge is 2.45. The summed E-state index contributed by atoms with van der Waals surface area (Å²) in [5, 5.41) is 0. The van der Waals surface area contributed by atoms with Crippen molar-refractivity contribution in [3.8, 4) is 0 Å². The van der Waals surface area contributed by atoms with Crippen LogP contribution in [0.15, 0.2) is 35.2 Å². The Morgan fingerprint density at radius 3 is 2.64 bits per heavy atom. The van der Waals surface area contributed by atoms with Crippen LogP contribution in [0, 0.1) is 11.8 Å². The minimum atomic E-state index is -3.45. The molecule has 3 fully saturated rings. The fourth-order valence-electron chi connectivity index (χ4n) is 4.29. The number of hydrogen-bond donors (Lipinski definition) is 1. The van der Waals surface area contributed by atoms with E-state index in [2.05, 4.69) is 9.62 Å². The molecule has 0 aromatic heterocycles. The van der Waals surface area contributed by atoms with E-state index in [0.29, 0.717) is 30.0 Å². The summed E-state index contributed by atoms with van der Waals surface area (Å²) in [6, 6.07) is 9.14. The monoisotopic (exact) mass is 366 g/mol. The Morgan fingerprint density at radius 2 is 1.88 bits per heavy atom. The van der Waals surface area contributed by atoms with Crippen LogP contribution < -0.4 is 4.72 Å². The average Bonchev–Trinajstić information content (AvgIpc) is 3.23. The highest BCUT2D eigenvalue weighted by atomic mass is 32.2. The lowest BCUT2D eigenvalue weighted by Crippen LogP contribution is -2.40. The summed E-state index contributed by atoms with van der Waals surface area (Å²) in [5.41, 5.74) is 0. The minimum Gasteiger partial charge on any atom is -0.381 e. The van der Waals surface area contributed by atoms with Gasteiger partial charge in [-0.2, -0.15) is 0 Å². The van der Waals surface area contributed by atoms with Crippen molar-refractivity contribution in [2.45, 2.75) is 29.9 Å². The zero-order valence-corrected chi connectivity index (χ0v) is 15.2. The number of likely N-dealkylation sites (tertiary alicyclic amines) is 1. The maximum atomic E-state index is 12.4. The van der Waals surface area contributed by atoms with Gasteiger partial charge in [0.25, 0.3) is 0 Å². The van der Waals surface area contributed by atoms with E-state index in [1.807, 2.05) is 6.07 Å². The number of ether oxygens (including phenoxy) is 2. The van der Waals surface area contributed by atoms with E-state index in [4.69, 9.17) is 9.47 Å². The topological polar surface area (TPSA) is 67.9 Å². The molecule has 6 nitrogen and oxygen atoms in total. The third-order valence-corrected chi connectivity index (χ3v) is 7.20. The quantitative estimate of drug-likeness (QED) is 0.845. The molecule has 0 saturated carbocycles. The molecule has 1 N–H and O–H groups in total. The van der Waals surface area contributed by atoms with E-state index < -0.39 is 10.0 Å².